The quantitative estimate of drug-likeness (QED) is 0.541. The minimum atomic E-state index is -4.72. The van der Waals surface area contributed by atoms with E-state index in [1.54, 1.807) is 25.1 Å². The van der Waals surface area contributed by atoms with Crippen LogP contribution in [0, 0.1) is 13.8 Å². The van der Waals surface area contributed by atoms with Crippen LogP contribution in [-0.4, -0.2) is 64.9 Å². The zero-order valence-corrected chi connectivity index (χ0v) is 19.3. The van der Waals surface area contributed by atoms with Crippen molar-refractivity contribution in [3.05, 3.63) is 46.5 Å². The van der Waals surface area contributed by atoms with Gasteiger partial charge in [0.05, 0.1) is 38.0 Å². The number of anilines is 2. The van der Waals surface area contributed by atoms with Gasteiger partial charge in [-0.15, -0.1) is 5.10 Å². The molecule has 2 aromatic heterocycles. The monoisotopic (exact) mass is 492 g/mol. The average molecular weight is 492 g/mol. The van der Waals surface area contributed by atoms with Crippen LogP contribution in [0.3, 0.4) is 0 Å². The van der Waals surface area contributed by atoms with Crippen LogP contribution in [0.1, 0.15) is 33.1 Å². The lowest BCUT2D eigenvalue weighted by atomic mass is 10.1. The highest BCUT2D eigenvalue weighted by molar-refractivity contribution is 6.02. The number of esters is 1. The van der Waals surface area contributed by atoms with Crippen molar-refractivity contribution in [3.63, 3.8) is 0 Å². The lowest BCUT2D eigenvalue weighted by Gasteiger charge is -2.29. The summed E-state index contributed by atoms with van der Waals surface area (Å²) < 4.78 is 50.2. The molecule has 0 saturated carbocycles. The Morgan fingerprint density at radius 2 is 1.89 bits per heavy atom. The Labute approximate surface area is 198 Å². The summed E-state index contributed by atoms with van der Waals surface area (Å²) in [6, 6.07) is 5.04. The number of halogens is 3. The number of hydrogen-bond donors (Lipinski definition) is 1. The Kier molecular flexibility index (Phi) is 6.61. The van der Waals surface area contributed by atoms with Crippen molar-refractivity contribution < 1.29 is 32.2 Å². The van der Waals surface area contributed by atoms with E-state index in [0.717, 1.165) is 10.2 Å². The fourth-order valence-electron chi connectivity index (χ4n) is 3.88. The summed E-state index contributed by atoms with van der Waals surface area (Å²) in [7, 11) is 1.25. The maximum absolute atomic E-state index is 13.0. The van der Waals surface area contributed by atoms with Crippen molar-refractivity contribution in [2.75, 3.05) is 43.6 Å². The highest BCUT2D eigenvalue weighted by Gasteiger charge is 2.37. The van der Waals surface area contributed by atoms with Crippen molar-refractivity contribution in [2.45, 2.75) is 26.4 Å². The van der Waals surface area contributed by atoms with Gasteiger partial charge < -0.3 is 19.7 Å². The molecule has 1 saturated heterocycles. The highest BCUT2D eigenvalue weighted by Crippen LogP contribution is 2.28. The number of methoxy groups -OCH3 is 1. The van der Waals surface area contributed by atoms with Gasteiger partial charge in [-0.2, -0.15) is 18.2 Å². The van der Waals surface area contributed by atoms with Gasteiger partial charge in [0.2, 0.25) is 5.91 Å². The minimum Gasteiger partial charge on any atom is -0.465 e. The molecular formula is C22H23F3N6O4. The first-order valence-electron chi connectivity index (χ1n) is 10.7. The lowest BCUT2D eigenvalue weighted by Crippen LogP contribution is -2.36. The summed E-state index contributed by atoms with van der Waals surface area (Å²) in [5.41, 5.74) is 2.28. The number of carbonyl (C=O) groups is 2. The molecule has 0 spiro atoms. The van der Waals surface area contributed by atoms with Crippen molar-refractivity contribution in [2.24, 2.45) is 0 Å². The smallest absolute Gasteiger partial charge is 0.453 e. The second-order valence-electron chi connectivity index (χ2n) is 7.95. The number of hydrogen-bond acceptors (Lipinski definition) is 8. The number of alkyl halides is 3. The number of amides is 1. The summed E-state index contributed by atoms with van der Waals surface area (Å²) in [6.07, 6.45) is -4.92. The maximum atomic E-state index is 13.0. The van der Waals surface area contributed by atoms with E-state index in [1.807, 2.05) is 0 Å². The molecule has 10 nitrogen and oxygen atoms in total. The number of ether oxygens (including phenoxy) is 2. The van der Waals surface area contributed by atoms with E-state index >= 15 is 0 Å². The number of fused-ring (bicyclic) bond motifs is 1. The van der Waals surface area contributed by atoms with E-state index in [1.165, 1.54) is 14.0 Å². The molecule has 1 N–H and O–H groups in total. The molecule has 186 valence electrons. The van der Waals surface area contributed by atoms with Crippen molar-refractivity contribution >= 4 is 29.0 Å². The number of rotatable bonds is 5. The maximum Gasteiger partial charge on any atom is 0.453 e. The predicted octanol–water partition coefficient (Wildman–Crippen LogP) is 2.56. The van der Waals surface area contributed by atoms with Gasteiger partial charge in [0.15, 0.2) is 0 Å². The van der Waals surface area contributed by atoms with Crippen LogP contribution in [0.5, 0.6) is 0 Å². The van der Waals surface area contributed by atoms with E-state index in [-0.39, 0.29) is 23.4 Å². The molecule has 13 heteroatoms. The Balaban J connectivity index is 1.59. The molecule has 0 atom stereocenters. The first-order valence-corrected chi connectivity index (χ1v) is 10.7. The highest BCUT2D eigenvalue weighted by atomic mass is 19.4. The molecule has 1 aromatic carbocycles. The molecular weight excluding hydrogens is 469 g/mol. The summed E-state index contributed by atoms with van der Waals surface area (Å²) in [5.74, 6) is -2.62. The van der Waals surface area contributed by atoms with E-state index in [0.29, 0.717) is 43.3 Å². The predicted molar refractivity (Wildman–Crippen MR) is 118 cm³/mol. The van der Waals surface area contributed by atoms with Gasteiger partial charge in [0, 0.05) is 35.7 Å². The molecule has 0 aliphatic carbocycles. The molecule has 1 aliphatic rings. The van der Waals surface area contributed by atoms with E-state index in [4.69, 9.17) is 9.47 Å². The molecule has 0 radical (unpaired) electrons. The molecule has 4 rings (SSSR count). The first kappa shape index (κ1) is 24.4. The third-order valence-corrected chi connectivity index (χ3v) is 5.70. The van der Waals surface area contributed by atoms with Crippen LogP contribution in [-0.2, 0) is 26.9 Å². The SMILES string of the molecule is COC(=O)c1cc(N2CCOCC2)ccc1NC(=O)Cc1c(C)nc2nc(C(F)(F)F)nn2c1C. The second-order valence-corrected chi connectivity index (χ2v) is 7.95. The number of nitrogens with one attached hydrogen (secondary N) is 1. The van der Waals surface area contributed by atoms with Gasteiger partial charge >= 0.3 is 12.1 Å². The summed E-state index contributed by atoms with van der Waals surface area (Å²) >= 11 is 0. The first-order chi connectivity index (χ1) is 16.6. The Morgan fingerprint density at radius 1 is 1.17 bits per heavy atom. The lowest BCUT2D eigenvalue weighted by molar-refractivity contribution is -0.144. The van der Waals surface area contributed by atoms with Gasteiger partial charge in [-0.05, 0) is 32.0 Å². The summed E-state index contributed by atoms with van der Waals surface area (Å²) in [5, 5.41) is 6.19. The molecule has 3 heterocycles. The summed E-state index contributed by atoms with van der Waals surface area (Å²) in [4.78, 5) is 34.9. The van der Waals surface area contributed by atoms with Gasteiger partial charge in [-0.1, -0.05) is 0 Å². The number of carbonyl (C=O) groups excluding carboxylic acids is 2. The van der Waals surface area contributed by atoms with Crippen molar-refractivity contribution in [1.29, 1.82) is 0 Å². The Morgan fingerprint density at radius 3 is 2.54 bits per heavy atom. The van der Waals surface area contributed by atoms with Crippen LogP contribution in [0.2, 0.25) is 0 Å². The third kappa shape index (κ3) is 5.04. The number of morpholine rings is 1. The van der Waals surface area contributed by atoms with Gasteiger partial charge in [-0.3, -0.25) is 4.79 Å². The largest absolute Gasteiger partial charge is 0.465 e. The van der Waals surface area contributed by atoms with E-state index in [9.17, 15) is 22.8 Å². The molecule has 1 aliphatic heterocycles. The fourth-order valence-corrected chi connectivity index (χ4v) is 3.88. The standard InChI is InChI=1S/C22H23F3N6O4/c1-12-15(13(2)31-21(26-12)28-20(29-31)22(23,24)25)11-18(32)27-17-5-4-14(10-16(17)19(33)34-3)30-6-8-35-9-7-30/h4-5,10H,6-9,11H2,1-3H3,(H,27,32). The van der Waals surface area contributed by atoms with Crippen LogP contribution >= 0.6 is 0 Å². The fraction of sp³-hybridized carbons (Fsp3) is 0.409. The molecule has 0 bridgehead atoms. The van der Waals surface area contributed by atoms with E-state index < -0.39 is 23.9 Å². The van der Waals surface area contributed by atoms with Gasteiger partial charge in [-0.25, -0.2) is 14.3 Å². The average Bonchev–Trinajstić information content (AvgIpc) is 3.27. The van der Waals surface area contributed by atoms with E-state index in [2.05, 4.69) is 25.3 Å². The molecule has 3 aromatic rings. The van der Waals surface area contributed by atoms with Crippen molar-refractivity contribution in [1.82, 2.24) is 19.6 Å². The molecule has 35 heavy (non-hydrogen) atoms. The second kappa shape index (κ2) is 9.49. The van der Waals surface area contributed by atoms with Crippen LogP contribution < -0.4 is 10.2 Å². The zero-order valence-electron chi connectivity index (χ0n) is 19.3. The number of aromatic nitrogens is 4. The molecule has 0 unspecified atom stereocenters. The Hall–Kier alpha value is -3.74. The van der Waals surface area contributed by atoms with Crippen LogP contribution in [0.25, 0.3) is 5.78 Å². The number of aryl methyl sites for hydroxylation is 2. The van der Waals surface area contributed by atoms with Gasteiger partial charge in [0.25, 0.3) is 11.6 Å². The minimum absolute atomic E-state index is 0.179. The van der Waals surface area contributed by atoms with Gasteiger partial charge in [0.1, 0.15) is 0 Å². The summed E-state index contributed by atoms with van der Waals surface area (Å²) in [6.45, 7) is 5.58. The zero-order chi connectivity index (χ0) is 25.3. The van der Waals surface area contributed by atoms with Crippen LogP contribution in [0.4, 0.5) is 24.5 Å². The topological polar surface area (TPSA) is 111 Å². The number of benzene rings is 1. The molecule has 1 fully saturated rings. The normalized spacial score (nSPS) is 14.3. The van der Waals surface area contributed by atoms with Crippen LogP contribution in [0.15, 0.2) is 18.2 Å². The van der Waals surface area contributed by atoms with Crippen molar-refractivity contribution in [3.8, 4) is 0 Å². The third-order valence-electron chi connectivity index (χ3n) is 5.70. The number of nitrogens with zero attached hydrogens (tertiary/aromatic N) is 5. The Bertz CT molecular complexity index is 1280. The molecule has 1 amide bonds.